The number of nitrogens with zero attached hydrogens (tertiary/aromatic N) is 3. The van der Waals surface area contributed by atoms with Crippen LogP contribution in [-0.4, -0.2) is 28.8 Å². The van der Waals surface area contributed by atoms with E-state index >= 15 is 0 Å². The number of ether oxygens (including phenoxy) is 1. The lowest BCUT2D eigenvalue weighted by Gasteiger charge is -2.31. The normalized spacial score (nSPS) is 15.6. The van der Waals surface area contributed by atoms with Crippen molar-refractivity contribution < 1.29 is 9.15 Å². The third-order valence-corrected chi connectivity index (χ3v) is 4.84. The van der Waals surface area contributed by atoms with Crippen LogP contribution in [0.2, 0.25) is 0 Å². The summed E-state index contributed by atoms with van der Waals surface area (Å²) in [7, 11) is 1.65. The summed E-state index contributed by atoms with van der Waals surface area (Å²) < 4.78 is 11.1. The first-order valence-electron chi connectivity index (χ1n) is 8.53. The Balaban J connectivity index is 1.51. The number of rotatable bonds is 4. The van der Waals surface area contributed by atoms with E-state index in [2.05, 4.69) is 46.3 Å². The van der Waals surface area contributed by atoms with Crippen LogP contribution in [0.25, 0.3) is 11.5 Å². The van der Waals surface area contributed by atoms with Crippen LogP contribution in [0, 0.1) is 0 Å². The first-order valence-corrected chi connectivity index (χ1v) is 8.53. The van der Waals surface area contributed by atoms with Crippen LogP contribution in [-0.2, 0) is 13.0 Å². The number of hydrogen-bond donors (Lipinski definition) is 0. The van der Waals surface area contributed by atoms with Crippen molar-refractivity contribution in [1.29, 1.82) is 0 Å². The highest BCUT2D eigenvalue weighted by Crippen LogP contribution is 2.29. The second kappa shape index (κ2) is 6.69. The molecule has 0 aliphatic carbocycles. The van der Waals surface area contributed by atoms with Crippen LogP contribution in [0.1, 0.15) is 30.0 Å². The lowest BCUT2D eigenvalue weighted by atomic mass is 9.99. The van der Waals surface area contributed by atoms with Crippen LogP contribution in [0.4, 0.5) is 0 Å². The molecule has 0 amide bonds. The van der Waals surface area contributed by atoms with Crippen LogP contribution in [0.15, 0.2) is 52.9 Å². The minimum Gasteiger partial charge on any atom is -0.497 e. The summed E-state index contributed by atoms with van der Waals surface area (Å²) in [6.07, 6.45) is 1.06. The molecule has 128 valence electrons. The Morgan fingerprint density at radius 3 is 2.56 bits per heavy atom. The van der Waals surface area contributed by atoms with Gasteiger partial charge >= 0.3 is 0 Å². The molecule has 1 aromatic heterocycles. The molecule has 0 fully saturated rings. The Kier molecular flexibility index (Phi) is 4.24. The number of methoxy groups -OCH3 is 1. The third kappa shape index (κ3) is 3.15. The second-order valence-corrected chi connectivity index (χ2v) is 6.34. The monoisotopic (exact) mass is 335 g/mol. The van der Waals surface area contributed by atoms with Crippen LogP contribution < -0.4 is 4.74 Å². The molecule has 1 aliphatic heterocycles. The van der Waals surface area contributed by atoms with Gasteiger partial charge in [-0.05, 0) is 48.7 Å². The Labute approximate surface area is 147 Å². The predicted octanol–water partition coefficient (Wildman–Crippen LogP) is 3.86. The van der Waals surface area contributed by atoms with Crippen molar-refractivity contribution in [3.05, 3.63) is 65.5 Å². The minimum atomic E-state index is 0.0906. The van der Waals surface area contributed by atoms with E-state index in [0.717, 1.165) is 30.8 Å². The maximum absolute atomic E-state index is 5.94. The van der Waals surface area contributed by atoms with Gasteiger partial charge in [0.15, 0.2) is 0 Å². The zero-order valence-electron chi connectivity index (χ0n) is 14.5. The van der Waals surface area contributed by atoms with Crippen molar-refractivity contribution in [3.8, 4) is 17.2 Å². The average Bonchev–Trinajstić information content (AvgIpc) is 3.17. The molecule has 2 heterocycles. The lowest BCUT2D eigenvalue weighted by Crippen LogP contribution is -2.33. The molecule has 1 atom stereocenters. The number of benzene rings is 2. The van der Waals surface area contributed by atoms with Crippen molar-refractivity contribution in [3.63, 3.8) is 0 Å². The van der Waals surface area contributed by atoms with E-state index in [4.69, 9.17) is 9.15 Å². The topological polar surface area (TPSA) is 51.4 Å². The Morgan fingerprint density at radius 2 is 1.80 bits per heavy atom. The van der Waals surface area contributed by atoms with Crippen LogP contribution in [0.3, 0.4) is 0 Å². The molecule has 0 radical (unpaired) electrons. The predicted molar refractivity (Wildman–Crippen MR) is 95.3 cm³/mol. The molecule has 4 rings (SSSR count). The van der Waals surface area contributed by atoms with Crippen LogP contribution in [0.5, 0.6) is 5.75 Å². The molecular weight excluding hydrogens is 314 g/mol. The van der Waals surface area contributed by atoms with E-state index in [1.807, 2.05) is 24.3 Å². The summed E-state index contributed by atoms with van der Waals surface area (Å²) in [5.41, 5.74) is 3.72. The Bertz CT molecular complexity index is 857. The Morgan fingerprint density at radius 1 is 1.04 bits per heavy atom. The Hall–Kier alpha value is -2.66. The smallest absolute Gasteiger partial charge is 0.247 e. The molecule has 0 bridgehead atoms. The molecule has 0 unspecified atom stereocenters. The molecule has 0 spiro atoms. The molecule has 0 saturated heterocycles. The fourth-order valence-electron chi connectivity index (χ4n) is 3.26. The average molecular weight is 335 g/mol. The first-order chi connectivity index (χ1) is 12.2. The van der Waals surface area contributed by atoms with Gasteiger partial charge in [0.1, 0.15) is 5.75 Å². The summed E-state index contributed by atoms with van der Waals surface area (Å²) in [4.78, 5) is 2.38. The van der Waals surface area contributed by atoms with Gasteiger partial charge in [-0.3, -0.25) is 4.90 Å². The summed E-state index contributed by atoms with van der Waals surface area (Å²) in [6, 6.07) is 16.4. The minimum absolute atomic E-state index is 0.0906. The highest BCUT2D eigenvalue weighted by atomic mass is 16.5. The molecule has 25 heavy (non-hydrogen) atoms. The molecule has 5 nitrogen and oxygen atoms in total. The van der Waals surface area contributed by atoms with Crippen molar-refractivity contribution in [2.24, 2.45) is 0 Å². The molecule has 1 aliphatic rings. The molecule has 5 heteroatoms. The highest BCUT2D eigenvalue weighted by Gasteiger charge is 2.25. The van der Waals surface area contributed by atoms with Gasteiger partial charge in [0.05, 0.1) is 13.2 Å². The third-order valence-electron chi connectivity index (χ3n) is 4.84. The maximum Gasteiger partial charge on any atom is 0.247 e. The fourth-order valence-corrected chi connectivity index (χ4v) is 3.26. The molecule has 0 N–H and O–H groups in total. The molecule has 3 aromatic rings. The quantitative estimate of drug-likeness (QED) is 0.724. The lowest BCUT2D eigenvalue weighted by molar-refractivity contribution is 0.167. The van der Waals surface area contributed by atoms with Gasteiger partial charge in [0.25, 0.3) is 0 Å². The molecular formula is C20H21N3O2. The number of fused-ring (bicyclic) bond motifs is 1. The summed E-state index contributed by atoms with van der Waals surface area (Å²) in [5, 5.41) is 8.49. The van der Waals surface area contributed by atoms with Gasteiger partial charge in [0.2, 0.25) is 11.8 Å². The standard InChI is InChI=1S/C20H21N3O2/c1-14(23-12-11-15-5-3-4-6-17(15)13-23)19-21-22-20(25-19)16-7-9-18(24-2)10-8-16/h3-10,14H,11-13H2,1-2H3/t14-/m1/s1. The molecule has 2 aromatic carbocycles. The van der Waals surface area contributed by atoms with Gasteiger partial charge in [-0.15, -0.1) is 10.2 Å². The van der Waals surface area contributed by atoms with Crippen molar-refractivity contribution >= 4 is 0 Å². The van der Waals surface area contributed by atoms with E-state index in [1.165, 1.54) is 11.1 Å². The van der Waals surface area contributed by atoms with Crippen molar-refractivity contribution in [1.82, 2.24) is 15.1 Å². The fraction of sp³-hybridized carbons (Fsp3) is 0.300. The van der Waals surface area contributed by atoms with Gasteiger partial charge in [-0.2, -0.15) is 0 Å². The maximum atomic E-state index is 5.94. The van der Waals surface area contributed by atoms with Gasteiger partial charge in [-0.1, -0.05) is 24.3 Å². The number of hydrogen-bond acceptors (Lipinski definition) is 5. The van der Waals surface area contributed by atoms with Crippen molar-refractivity contribution in [2.75, 3.05) is 13.7 Å². The zero-order chi connectivity index (χ0) is 17.2. The first kappa shape index (κ1) is 15.8. The van der Waals surface area contributed by atoms with Gasteiger partial charge in [-0.25, -0.2) is 0 Å². The van der Waals surface area contributed by atoms with E-state index < -0.39 is 0 Å². The summed E-state index contributed by atoms with van der Waals surface area (Å²) >= 11 is 0. The van der Waals surface area contributed by atoms with Crippen molar-refractivity contribution in [2.45, 2.75) is 25.9 Å². The van der Waals surface area contributed by atoms with E-state index in [9.17, 15) is 0 Å². The summed E-state index contributed by atoms with van der Waals surface area (Å²) in [6.45, 7) is 4.04. The van der Waals surface area contributed by atoms with Gasteiger partial charge in [0, 0.05) is 18.7 Å². The second-order valence-electron chi connectivity index (χ2n) is 6.34. The molecule has 0 saturated carbocycles. The van der Waals surface area contributed by atoms with E-state index in [-0.39, 0.29) is 6.04 Å². The SMILES string of the molecule is COc1ccc(-c2nnc([C@@H](C)N3CCc4ccccc4C3)o2)cc1. The largest absolute Gasteiger partial charge is 0.497 e. The zero-order valence-corrected chi connectivity index (χ0v) is 14.5. The van der Waals surface area contributed by atoms with Gasteiger partial charge < -0.3 is 9.15 Å². The van der Waals surface area contributed by atoms with E-state index in [0.29, 0.717) is 11.8 Å². The van der Waals surface area contributed by atoms with Crippen LogP contribution >= 0.6 is 0 Å². The summed E-state index contributed by atoms with van der Waals surface area (Å²) in [5.74, 6) is 2.01. The van der Waals surface area contributed by atoms with E-state index in [1.54, 1.807) is 7.11 Å². The highest BCUT2D eigenvalue weighted by molar-refractivity contribution is 5.54. The number of aromatic nitrogens is 2.